The molecule has 2 amide bonds. The van der Waals surface area contributed by atoms with Gasteiger partial charge in [-0.25, -0.2) is 9.78 Å². The van der Waals surface area contributed by atoms with Crippen molar-refractivity contribution in [1.82, 2.24) is 9.88 Å². The number of likely N-dealkylation sites (tertiary alicyclic amines) is 1. The van der Waals surface area contributed by atoms with E-state index in [9.17, 15) is 4.79 Å². The number of ether oxygens (including phenoxy) is 1. The Balaban J connectivity index is 1.73. The van der Waals surface area contributed by atoms with Gasteiger partial charge in [-0.3, -0.25) is 5.32 Å². The normalized spacial score (nSPS) is 17.5. The summed E-state index contributed by atoms with van der Waals surface area (Å²) in [6, 6.07) is 7.42. The molecule has 0 saturated carbocycles. The Labute approximate surface area is 135 Å². The molecule has 0 aromatic carbocycles. The molecule has 1 aliphatic rings. The van der Waals surface area contributed by atoms with Crippen LogP contribution in [0.2, 0.25) is 0 Å². The number of carbonyl (C=O) groups excluding carboxylic acids is 1. The van der Waals surface area contributed by atoms with Gasteiger partial charge in [-0.05, 0) is 43.5 Å². The lowest BCUT2D eigenvalue weighted by Crippen LogP contribution is -2.34. The Morgan fingerprint density at radius 2 is 2.35 bits per heavy atom. The van der Waals surface area contributed by atoms with Gasteiger partial charge < -0.3 is 14.1 Å². The quantitative estimate of drug-likeness (QED) is 0.937. The van der Waals surface area contributed by atoms with Crippen LogP contribution in [0.4, 0.5) is 10.6 Å². The van der Waals surface area contributed by atoms with Crippen molar-refractivity contribution in [3.63, 3.8) is 0 Å². The van der Waals surface area contributed by atoms with Gasteiger partial charge in [-0.15, -0.1) is 0 Å². The Hall–Kier alpha value is -2.34. The van der Waals surface area contributed by atoms with Crippen LogP contribution in [0.1, 0.15) is 36.0 Å². The lowest BCUT2D eigenvalue weighted by Gasteiger charge is -2.23. The van der Waals surface area contributed by atoms with E-state index >= 15 is 0 Å². The van der Waals surface area contributed by atoms with E-state index in [1.807, 2.05) is 36.1 Å². The van der Waals surface area contributed by atoms with Crippen LogP contribution in [-0.2, 0) is 11.3 Å². The van der Waals surface area contributed by atoms with E-state index in [4.69, 9.17) is 9.15 Å². The average molecular weight is 315 g/mol. The van der Waals surface area contributed by atoms with Gasteiger partial charge in [0.2, 0.25) is 0 Å². The van der Waals surface area contributed by atoms with Crippen molar-refractivity contribution in [2.45, 2.75) is 32.4 Å². The molecule has 2 aromatic heterocycles. The second-order valence-electron chi connectivity index (χ2n) is 5.69. The molecule has 1 saturated heterocycles. The number of aromatic nitrogens is 1. The van der Waals surface area contributed by atoms with Crippen molar-refractivity contribution in [2.24, 2.45) is 0 Å². The molecule has 0 radical (unpaired) electrons. The number of nitrogens with zero attached hydrogens (tertiary/aromatic N) is 2. The topological polar surface area (TPSA) is 67.6 Å². The van der Waals surface area contributed by atoms with E-state index in [2.05, 4.69) is 10.3 Å². The first-order chi connectivity index (χ1) is 11.2. The molecule has 2 aromatic rings. The predicted molar refractivity (Wildman–Crippen MR) is 86.1 cm³/mol. The van der Waals surface area contributed by atoms with Crippen LogP contribution >= 0.6 is 0 Å². The molecule has 0 bridgehead atoms. The molecule has 6 nitrogen and oxygen atoms in total. The van der Waals surface area contributed by atoms with Crippen molar-refractivity contribution in [3.8, 4) is 0 Å². The number of methoxy groups -OCH3 is 1. The smallest absolute Gasteiger partial charge is 0.323 e. The highest BCUT2D eigenvalue weighted by Crippen LogP contribution is 2.33. The molecule has 122 valence electrons. The predicted octanol–water partition coefficient (Wildman–Crippen LogP) is 3.50. The number of anilines is 1. The van der Waals surface area contributed by atoms with Crippen LogP contribution in [0.3, 0.4) is 0 Å². The molecule has 0 spiro atoms. The fourth-order valence-corrected chi connectivity index (χ4v) is 2.89. The Morgan fingerprint density at radius 1 is 1.48 bits per heavy atom. The Morgan fingerprint density at radius 3 is 3.13 bits per heavy atom. The van der Waals surface area contributed by atoms with Gasteiger partial charge in [-0.2, -0.15) is 0 Å². The lowest BCUT2D eigenvalue weighted by molar-refractivity contribution is 0.157. The number of nitrogens with one attached hydrogen (secondary N) is 1. The van der Waals surface area contributed by atoms with Crippen molar-refractivity contribution >= 4 is 11.8 Å². The number of furan rings is 1. The van der Waals surface area contributed by atoms with E-state index in [-0.39, 0.29) is 12.1 Å². The van der Waals surface area contributed by atoms with E-state index in [0.29, 0.717) is 19.0 Å². The zero-order chi connectivity index (χ0) is 16.2. The summed E-state index contributed by atoms with van der Waals surface area (Å²) in [4.78, 5) is 18.6. The van der Waals surface area contributed by atoms with E-state index in [0.717, 1.165) is 29.9 Å². The van der Waals surface area contributed by atoms with Gasteiger partial charge in [0.1, 0.15) is 23.9 Å². The van der Waals surface area contributed by atoms with Crippen LogP contribution in [0.25, 0.3) is 0 Å². The lowest BCUT2D eigenvalue weighted by atomic mass is 10.2. The van der Waals surface area contributed by atoms with Gasteiger partial charge in [0.25, 0.3) is 0 Å². The number of hydrogen-bond acceptors (Lipinski definition) is 4. The first-order valence-corrected chi connectivity index (χ1v) is 7.76. The third-order valence-electron chi connectivity index (χ3n) is 4.05. The zero-order valence-corrected chi connectivity index (χ0v) is 13.4. The van der Waals surface area contributed by atoms with E-state index in [1.165, 1.54) is 0 Å². The standard InChI is InChI=1S/C17H21N3O3/c1-12-5-3-9-18-16(12)19-17(21)20-10-4-6-14(20)15-8-7-13(23-15)11-22-2/h3,5,7-9,14H,4,6,10-11H2,1-2H3,(H,18,19,21). The van der Waals surface area contributed by atoms with Crippen LogP contribution in [0.15, 0.2) is 34.9 Å². The number of carbonyl (C=O) groups is 1. The number of rotatable bonds is 4. The first-order valence-electron chi connectivity index (χ1n) is 7.76. The van der Waals surface area contributed by atoms with Gasteiger partial charge in [0.05, 0.1) is 6.04 Å². The maximum Gasteiger partial charge on any atom is 0.323 e. The monoisotopic (exact) mass is 315 g/mol. The highest BCUT2D eigenvalue weighted by Gasteiger charge is 2.32. The van der Waals surface area contributed by atoms with Crippen LogP contribution in [-0.4, -0.2) is 29.6 Å². The van der Waals surface area contributed by atoms with Crippen molar-refractivity contribution in [3.05, 3.63) is 47.5 Å². The van der Waals surface area contributed by atoms with Gasteiger partial charge >= 0.3 is 6.03 Å². The number of amides is 2. The molecular formula is C17H21N3O3. The number of aryl methyl sites for hydroxylation is 1. The second-order valence-corrected chi connectivity index (χ2v) is 5.69. The molecule has 6 heteroatoms. The SMILES string of the molecule is COCc1ccc(C2CCCN2C(=O)Nc2ncccc2C)o1. The van der Waals surface area contributed by atoms with Crippen LogP contribution in [0.5, 0.6) is 0 Å². The molecule has 1 fully saturated rings. The molecule has 1 N–H and O–H groups in total. The Bertz CT molecular complexity index is 683. The van der Waals surface area contributed by atoms with Crippen LogP contribution in [0, 0.1) is 6.92 Å². The minimum absolute atomic E-state index is 0.0374. The second kappa shape index (κ2) is 6.83. The minimum Gasteiger partial charge on any atom is -0.461 e. The maximum atomic E-state index is 12.6. The molecule has 0 aliphatic carbocycles. The van der Waals surface area contributed by atoms with E-state index in [1.54, 1.807) is 13.3 Å². The highest BCUT2D eigenvalue weighted by molar-refractivity contribution is 5.89. The summed E-state index contributed by atoms with van der Waals surface area (Å²) >= 11 is 0. The molecule has 3 heterocycles. The molecular weight excluding hydrogens is 294 g/mol. The number of pyridine rings is 1. The van der Waals surface area contributed by atoms with Gasteiger partial charge in [0, 0.05) is 19.9 Å². The number of urea groups is 1. The summed E-state index contributed by atoms with van der Waals surface area (Å²) < 4.78 is 10.9. The summed E-state index contributed by atoms with van der Waals surface area (Å²) in [7, 11) is 1.63. The summed E-state index contributed by atoms with van der Waals surface area (Å²) in [5.41, 5.74) is 0.942. The summed E-state index contributed by atoms with van der Waals surface area (Å²) in [6.45, 7) is 3.07. The van der Waals surface area contributed by atoms with Crippen LogP contribution < -0.4 is 5.32 Å². The summed E-state index contributed by atoms with van der Waals surface area (Å²) in [5, 5.41) is 2.89. The molecule has 23 heavy (non-hydrogen) atoms. The van der Waals surface area contributed by atoms with E-state index < -0.39 is 0 Å². The fourth-order valence-electron chi connectivity index (χ4n) is 2.89. The highest BCUT2D eigenvalue weighted by atomic mass is 16.5. The molecule has 1 unspecified atom stereocenters. The fraction of sp³-hybridized carbons (Fsp3) is 0.412. The summed E-state index contributed by atoms with van der Waals surface area (Å²) in [6.07, 6.45) is 3.53. The average Bonchev–Trinajstić information content (AvgIpc) is 3.18. The number of hydrogen-bond donors (Lipinski definition) is 1. The molecule has 1 atom stereocenters. The van der Waals surface area contributed by atoms with Crippen molar-refractivity contribution in [1.29, 1.82) is 0 Å². The van der Waals surface area contributed by atoms with Crippen molar-refractivity contribution in [2.75, 3.05) is 19.0 Å². The largest absolute Gasteiger partial charge is 0.461 e. The molecule has 1 aliphatic heterocycles. The van der Waals surface area contributed by atoms with Crippen molar-refractivity contribution < 1.29 is 13.9 Å². The third kappa shape index (κ3) is 3.37. The Kier molecular flexibility index (Phi) is 4.62. The van der Waals surface area contributed by atoms with Gasteiger partial charge in [-0.1, -0.05) is 6.07 Å². The zero-order valence-electron chi connectivity index (χ0n) is 13.4. The minimum atomic E-state index is -0.140. The molecule has 3 rings (SSSR count). The summed E-state index contributed by atoms with van der Waals surface area (Å²) in [5.74, 6) is 2.18. The maximum absolute atomic E-state index is 12.6. The van der Waals surface area contributed by atoms with Gasteiger partial charge in [0.15, 0.2) is 0 Å². The first kappa shape index (κ1) is 15.6. The third-order valence-corrected chi connectivity index (χ3v) is 4.05.